The Kier molecular flexibility index (Phi) is 3.80. The Labute approximate surface area is 114 Å². The summed E-state index contributed by atoms with van der Waals surface area (Å²) in [4.78, 5) is 0. The standard InChI is InChI=1S/C17H19NO/c1-2-6-14(7-3-1)12-18-13-16-11-10-15-8-4-5-9-17(15)19-16/h1-9,16,18H,10-13H2/t16-/m0/s1. The monoisotopic (exact) mass is 253 g/mol. The lowest BCUT2D eigenvalue weighted by Gasteiger charge is -2.26. The van der Waals surface area contributed by atoms with Gasteiger partial charge < -0.3 is 10.1 Å². The van der Waals surface area contributed by atoms with Crippen molar-refractivity contribution in [1.29, 1.82) is 0 Å². The van der Waals surface area contributed by atoms with Crippen molar-refractivity contribution >= 4 is 0 Å². The highest BCUT2D eigenvalue weighted by Crippen LogP contribution is 2.26. The molecule has 2 aromatic rings. The van der Waals surface area contributed by atoms with E-state index >= 15 is 0 Å². The number of rotatable bonds is 4. The van der Waals surface area contributed by atoms with Gasteiger partial charge in [-0.15, -0.1) is 0 Å². The predicted octanol–water partition coefficient (Wildman–Crippen LogP) is 3.17. The Hall–Kier alpha value is -1.80. The third kappa shape index (κ3) is 3.15. The van der Waals surface area contributed by atoms with Crippen LogP contribution in [0.2, 0.25) is 0 Å². The minimum absolute atomic E-state index is 0.290. The average molecular weight is 253 g/mol. The molecule has 0 aliphatic carbocycles. The lowest BCUT2D eigenvalue weighted by Crippen LogP contribution is -2.33. The smallest absolute Gasteiger partial charge is 0.122 e. The summed E-state index contributed by atoms with van der Waals surface area (Å²) in [5.41, 5.74) is 2.65. The van der Waals surface area contributed by atoms with Crippen LogP contribution in [-0.4, -0.2) is 12.6 Å². The van der Waals surface area contributed by atoms with Crippen molar-refractivity contribution in [3.63, 3.8) is 0 Å². The van der Waals surface area contributed by atoms with Crippen LogP contribution < -0.4 is 10.1 Å². The summed E-state index contributed by atoms with van der Waals surface area (Å²) >= 11 is 0. The quantitative estimate of drug-likeness (QED) is 0.903. The van der Waals surface area contributed by atoms with Crippen molar-refractivity contribution in [3.8, 4) is 5.75 Å². The van der Waals surface area contributed by atoms with E-state index in [1.807, 2.05) is 12.1 Å². The van der Waals surface area contributed by atoms with Crippen molar-refractivity contribution in [1.82, 2.24) is 5.32 Å². The molecule has 2 heteroatoms. The molecule has 0 saturated heterocycles. The lowest BCUT2D eigenvalue weighted by atomic mass is 10.0. The zero-order chi connectivity index (χ0) is 12.9. The van der Waals surface area contributed by atoms with E-state index in [9.17, 15) is 0 Å². The van der Waals surface area contributed by atoms with Gasteiger partial charge in [0, 0.05) is 13.1 Å². The van der Waals surface area contributed by atoms with E-state index in [4.69, 9.17) is 4.74 Å². The number of benzene rings is 2. The van der Waals surface area contributed by atoms with E-state index in [2.05, 4.69) is 47.8 Å². The second-order valence-electron chi connectivity index (χ2n) is 5.00. The minimum Gasteiger partial charge on any atom is -0.489 e. The van der Waals surface area contributed by atoms with Gasteiger partial charge in [-0.05, 0) is 30.0 Å². The highest BCUT2D eigenvalue weighted by atomic mass is 16.5. The Morgan fingerprint density at radius 3 is 2.68 bits per heavy atom. The highest BCUT2D eigenvalue weighted by molar-refractivity contribution is 5.35. The van der Waals surface area contributed by atoms with Crippen molar-refractivity contribution in [3.05, 3.63) is 65.7 Å². The van der Waals surface area contributed by atoms with E-state index in [-0.39, 0.29) is 0 Å². The van der Waals surface area contributed by atoms with Gasteiger partial charge in [0.05, 0.1) is 0 Å². The molecule has 1 aliphatic heterocycles. The van der Waals surface area contributed by atoms with E-state index in [0.29, 0.717) is 6.10 Å². The maximum Gasteiger partial charge on any atom is 0.122 e. The van der Waals surface area contributed by atoms with Crippen molar-refractivity contribution < 1.29 is 4.74 Å². The van der Waals surface area contributed by atoms with Crippen LogP contribution in [0.15, 0.2) is 54.6 Å². The first-order valence-corrected chi connectivity index (χ1v) is 6.91. The first-order chi connectivity index (χ1) is 9.42. The van der Waals surface area contributed by atoms with Crippen molar-refractivity contribution in [2.24, 2.45) is 0 Å². The number of fused-ring (bicyclic) bond motifs is 1. The Morgan fingerprint density at radius 1 is 1.00 bits per heavy atom. The molecule has 0 unspecified atom stereocenters. The highest BCUT2D eigenvalue weighted by Gasteiger charge is 2.18. The molecular formula is C17H19NO. The van der Waals surface area contributed by atoms with E-state index in [1.165, 1.54) is 11.1 Å². The summed E-state index contributed by atoms with van der Waals surface area (Å²) in [7, 11) is 0. The molecule has 1 atom stereocenters. The maximum absolute atomic E-state index is 6.01. The van der Waals surface area contributed by atoms with Gasteiger partial charge in [-0.3, -0.25) is 0 Å². The van der Waals surface area contributed by atoms with Crippen LogP contribution in [0.1, 0.15) is 17.5 Å². The summed E-state index contributed by atoms with van der Waals surface area (Å²) < 4.78 is 6.01. The molecule has 0 fully saturated rings. The van der Waals surface area contributed by atoms with E-state index < -0.39 is 0 Å². The van der Waals surface area contributed by atoms with Gasteiger partial charge in [0.25, 0.3) is 0 Å². The molecule has 1 N–H and O–H groups in total. The summed E-state index contributed by atoms with van der Waals surface area (Å²) in [6.07, 6.45) is 2.51. The number of aryl methyl sites for hydroxylation is 1. The molecule has 2 nitrogen and oxygen atoms in total. The number of para-hydroxylation sites is 1. The molecule has 0 saturated carbocycles. The average Bonchev–Trinajstić information content (AvgIpc) is 2.48. The van der Waals surface area contributed by atoms with Crippen molar-refractivity contribution in [2.45, 2.75) is 25.5 Å². The fourth-order valence-corrected chi connectivity index (χ4v) is 2.50. The molecule has 0 bridgehead atoms. The van der Waals surface area contributed by atoms with Gasteiger partial charge >= 0.3 is 0 Å². The first kappa shape index (κ1) is 12.2. The summed E-state index contributed by atoms with van der Waals surface area (Å²) in [6.45, 7) is 1.81. The maximum atomic E-state index is 6.01. The van der Waals surface area contributed by atoms with Crippen LogP contribution in [0.5, 0.6) is 5.75 Å². The second-order valence-corrected chi connectivity index (χ2v) is 5.00. The molecule has 98 valence electrons. The van der Waals surface area contributed by atoms with Crippen LogP contribution in [-0.2, 0) is 13.0 Å². The SMILES string of the molecule is c1ccc(CNC[C@@H]2CCc3ccccc3O2)cc1. The van der Waals surface area contributed by atoms with Gasteiger partial charge in [0.2, 0.25) is 0 Å². The van der Waals surface area contributed by atoms with Crippen LogP contribution in [0.4, 0.5) is 0 Å². The molecule has 0 aromatic heterocycles. The van der Waals surface area contributed by atoms with Gasteiger partial charge in [0.1, 0.15) is 11.9 Å². The largest absolute Gasteiger partial charge is 0.489 e. The van der Waals surface area contributed by atoms with Gasteiger partial charge in [-0.1, -0.05) is 48.5 Å². The first-order valence-electron chi connectivity index (χ1n) is 6.91. The number of nitrogens with one attached hydrogen (secondary N) is 1. The summed E-state index contributed by atoms with van der Waals surface area (Å²) in [6, 6.07) is 18.8. The minimum atomic E-state index is 0.290. The fourth-order valence-electron chi connectivity index (χ4n) is 2.50. The van der Waals surface area contributed by atoms with Gasteiger partial charge in [0.15, 0.2) is 0 Å². The molecule has 2 aromatic carbocycles. The Bertz CT molecular complexity index is 524. The van der Waals surface area contributed by atoms with Gasteiger partial charge in [-0.2, -0.15) is 0 Å². The number of hydrogen-bond donors (Lipinski definition) is 1. The van der Waals surface area contributed by atoms with E-state index in [0.717, 1.165) is 31.7 Å². The van der Waals surface area contributed by atoms with Crippen LogP contribution in [0.25, 0.3) is 0 Å². The second kappa shape index (κ2) is 5.89. The Morgan fingerprint density at radius 2 is 1.79 bits per heavy atom. The molecule has 0 spiro atoms. The fraction of sp³-hybridized carbons (Fsp3) is 0.294. The molecule has 3 rings (SSSR count). The molecule has 1 aliphatic rings. The molecule has 1 heterocycles. The number of hydrogen-bond acceptors (Lipinski definition) is 2. The molecule has 0 radical (unpaired) electrons. The zero-order valence-corrected chi connectivity index (χ0v) is 11.0. The summed E-state index contributed by atoms with van der Waals surface area (Å²) in [5, 5.41) is 3.48. The van der Waals surface area contributed by atoms with Gasteiger partial charge in [-0.25, -0.2) is 0 Å². The van der Waals surface area contributed by atoms with Crippen LogP contribution >= 0.6 is 0 Å². The number of ether oxygens (including phenoxy) is 1. The molecule has 0 amide bonds. The predicted molar refractivity (Wildman–Crippen MR) is 77.3 cm³/mol. The third-order valence-corrected chi connectivity index (χ3v) is 3.55. The van der Waals surface area contributed by atoms with Crippen molar-refractivity contribution in [2.75, 3.05) is 6.54 Å². The molecule has 19 heavy (non-hydrogen) atoms. The Balaban J connectivity index is 1.50. The topological polar surface area (TPSA) is 21.3 Å². The lowest BCUT2D eigenvalue weighted by molar-refractivity contribution is 0.170. The van der Waals surface area contributed by atoms with Crippen LogP contribution in [0.3, 0.4) is 0 Å². The summed E-state index contributed by atoms with van der Waals surface area (Å²) in [5.74, 6) is 1.06. The third-order valence-electron chi connectivity index (χ3n) is 3.55. The van der Waals surface area contributed by atoms with E-state index in [1.54, 1.807) is 0 Å². The molecular weight excluding hydrogens is 234 g/mol. The zero-order valence-electron chi connectivity index (χ0n) is 11.0. The van der Waals surface area contributed by atoms with Crippen LogP contribution in [0, 0.1) is 0 Å². The normalized spacial score (nSPS) is 17.6.